The molecule has 0 aromatic rings. The summed E-state index contributed by atoms with van der Waals surface area (Å²) in [6.45, 7) is -0.0325. The Morgan fingerprint density at radius 3 is 1.92 bits per heavy atom. The first kappa shape index (κ1) is 11.8. The number of nitrogens with two attached hydrogens (primary N) is 2. The molecule has 5 N–H and O–H groups in total. The Labute approximate surface area is 71.4 Å². The number of hydrogen-bond acceptors (Lipinski definition) is 4. The van der Waals surface area contributed by atoms with E-state index in [0.717, 1.165) is 0 Å². The molecule has 0 amide bonds. The van der Waals surface area contributed by atoms with Gasteiger partial charge in [-0.15, -0.1) is 0 Å². The van der Waals surface area contributed by atoms with Crippen molar-refractivity contribution in [3.63, 3.8) is 0 Å². The van der Waals surface area contributed by atoms with Crippen molar-refractivity contribution in [1.82, 2.24) is 4.72 Å². The van der Waals surface area contributed by atoms with Gasteiger partial charge >= 0.3 is 0 Å². The molecule has 9 heteroatoms. The maximum absolute atomic E-state index is 10.3. The Balaban J connectivity index is 3.62. The Morgan fingerprint density at radius 1 is 1.08 bits per heavy atom. The fourth-order valence-electron chi connectivity index (χ4n) is 0.488. The van der Waals surface area contributed by atoms with Gasteiger partial charge in [0.2, 0.25) is 10.0 Å². The predicted octanol–water partition coefficient (Wildman–Crippen LogP) is -2.54. The SMILES string of the molecule is NS(=O)(=O)CCCNS(N)(=O)=O. The summed E-state index contributed by atoms with van der Waals surface area (Å²) in [5.74, 6) is -0.268. The van der Waals surface area contributed by atoms with Gasteiger partial charge in [-0.25, -0.2) is 23.4 Å². The summed E-state index contributed by atoms with van der Waals surface area (Å²) in [6, 6.07) is 0. The van der Waals surface area contributed by atoms with Crippen LogP contribution in [0.3, 0.4) is 0 Å². The summed E-state index contributed by atoms with van der Waals surface area (Å²) in [4.78, 5) is 0. The van der Waals surface area contributed by atoms with Gasteiger partial charge in [0.15, 0.2) is 0 Å². The maximum atomic E-state index is 10.3. The number of primary sulfonamides is 1. The van der Waals surface area contributed by atoms with Crippen LogP contribution in [0.5, 0.6) is 0 Å². The highest BCUT2D eigenvalue weighted by atomic mass is 32.2. The van der Waals surface area contributed by atoms with Gasteiger partial charge in [0.1, 0.15) is 0 Å². The van der Waals surface area contributed by atoms with E-state index in [4.69, 9.17) is 0 Å². The average molecular weight is 217 g/mol. The van der Waals surface area contributed by atoms with Crippen LogP contribution in [0.1, 0.15) is 6.42 Å². The minimum absolute atomic E-state index is 0.0325. The van der Waals surface area contributed by atoms with E-state index in [0.29, 0.717) is 0 Å². The molecule has 0 saturated carbocycles. The van der Waals surface area contributed by atoms with Gasteiger partial charge < -0.3 is 0 Å². The lowest BCUT2D eigenvalue weighted by Gasteiger charge is -1.99. The molecule has 0 atom stereocenters. The molecule has 0 radical (unpaired) electrons. The fraction of sp³-hybridized carbons (Fsp3) is 1.00. The normalized spacial score (nSPS) is 13.2. The zero-order chi connectivity index (χ0) is 9.83. The molecule has 12 heavy (non-hydrogen) atoms. The first-order valence-corrected chi connectivity index (χ1v) is 6.25. The van der Waals surface area contributed by atoms with Crippen molar-refractivity contribution >= 4 is 20.2 Å². The minimum atomic E-state index is -3.73. The van der Waals surface area contributed by atoms with Crippen molar-refractivity contribution < 1.29 is 16.8 Å². The molecule has 0 saturated heterocycles. The summed E-state index contributed by atoms with van der Waals surface area (Å²) >= 11 is 0. The van der Waals surface area contributed by atoms with E-state index in [-0.39, 0.29) is 18.7 Å². The van der Waals surface area contributed by atoms with E-state index in [1.165, 1.54) is 0 Å². The third kappa shape index (κ3) is 9.78. The molecule has 0 bridgehead atoms. The highest BCUT2D eigenvalue weighted by Crippen LogP contribution is 1.83. The van der Waals surface area contributed by atoms with Crippen molar-refractivity contribution in [1.29, 1.82) is 0 Å². The Morgan fingerprint density at radius 2 is 1.58 bits per heavy atom. The minimum Gasteiger partial charge on any atom is -0.229 e. The van der Waals surface area contributed by atoms with Gasteiger partial charge in [0.25, 0.3) is 10.2 Å². The van der Waals surface area contributed by atoms with Crippen molar-refractivity contribution in [3.8, 4) is 0 Å². The zero-order valence-corrected chi connectivity index (χ0v) is 7.86. The first-order valence-electron chi connectivity index (χ1n) is 2.98. The zero-order valence-electron chi connectivity index (χ0n) is 6.23. The van der Waals surface area contributed by atoms with E-state index in [9.17, 15) is 16.8 Å². The van der Waals surface area contributed by atoms with Crippen LogP contribution in [0.25, 0.3) is 0 Å². The second kappa shape index (κ2) is 4.14. The van der Waals surface area contributed by atoms with Gasteiger partial charge in [0, 0.05) is 6.54 Å². The monoisotopic (exact) mass is 217 g/mol. The summed E-state index contributed by atoms with van der Waals surface area (Å²) in [5.41, 5.74) is 0. The van der Waals surface area contributed by atoms with Crippen LogP contribution in [-0.4, -0.2) is 29.1 Å². The molecule has 0 spiro atoms. The van der Waals surface area contributed by atoms with Gasteiger partial charge in [-0.05, 0) is 6.42 Å². The predicted molar refractivity (Wildman–Crippen MR) is 43.7 cm³/mol. The van der Waals surface area contributed by atoms with Crippen LogP contribution >= 0.6 is 0 Å². The molecule has 0 aliphatic rings. The van der Waals surface area contributed by atoms with Gasteiger partial charge in [0.05, 0.1) is 5.75 Å². The van der Waals surface area contributed by atoms with E-state index in [2.05, 4.69) is 10.3 Å². The third-order valence-electron chi connectivity index (χ3n) is 0.909. The summed E-state index contributed by atoms with van der Waals surface area (Å²) in [5, 5.41) is 9.21. The first-order chi connectivity index (χ1) is 5.21. The highest BCUT2D eigenvalue weighted by Gasteiger charge is 2.04. The molecule has 0 aromatic carbocycles. The number of hydrogen-bond donors (Lipinski definition) is 3. The van der Waals surface area contributed by atoms with E-state index in [1.54, 1.807) is 0 Å². The topological polar surface area (TPSA) is 132 Å². The van der Waals surface area contributed by atoms with Gasteiger partial charge in [-0.3, -0.25) is 0 Å². The molecular weight excluding hydrogens is 206 g/mol. The van der Waals surface area contributed by atoms with E-state index >= 15 is 0 Å². The summed E-state index contributed by atoms with van der Waals surface area (Å²) in [6.07, 6.45) is 0.106. The lowest BCUT2D eigenvalue weighted by atomic mass is 10.5. The second-order valence-electron chi connectivity index (χ2n) is 2.16. The summed E-state index contributed by atoms with van der Waals surface area (Å²) < 4.78 is 43.1. The van der Waals surface area contributed by atoms with Gasteiger partial charge in [-0.1, -0.05) is 0 Å². The lowest BCUT2D eigenvalue weighted by molar-refractivity contribution is 0.578. The smallest absolute Gasteiger partial charge is 0.229 e. The molecule has 0 rings (SSSR count). The molecular formula is C3H11N3O4S2. The van der Waals surface area contributed by atoms with Crippen LogP contribution < -0.4 is 15.0 Å². The van der Waals surface area contributed by atoms with Crippen LogP contribution in [0.2, 0.25) is 0 Å². The van der Waals surface area contributed by atoms with Crippen LogP contribution in [-0.2, 0) is 20.2 Å². The molecule has 0 aromatic heterocycles. The lowest BCUT2D eigenvalue weighted by Crippen LogP contribution is -2.32. The average Bonchev–Trinajstić information content (AvgIpc) is 1.76. The molecule has 7 nitrogen and oxygen atoms in total. The van der Waals surface area contributed by atoms with Crippen molar-refractivity contribution in [2.75, 3.05) is 12.3 Å². The van der Waals surface area contributed by atoms with Crippen molar-refractivity contribution in [3.05, 3.63) is 0 Å². The molecule has 0 aliphatic carbocycles. The van der Waals surface area contributed by atoms with E-state index < -0.39 is 20.2 Å². The molecule has 0 unspecified atom stereocenters. The standard InChI is InChI=1S/C3H11N3O4S2/c4-11(7,8)3-1-2-6-12(5,9)10/h6H,1-3H2,(H2,4,7,8)(H2,5,9,10). The van der Waals surface area contributed by atoms with Crippen molar-refractivity contribution in [2.24, 2.45) is 10.3 Å². The number of rotatable bonds is 5. The second-order valence-corrected chi connectivity index (χ2v) is 5.27. The fourth-order valence-corrected chi connectivity index (χ4v) is 1.46. The third-order valence-corrected chi connectivity index (χ3v) is 2.37. The number of nitrogens with one attached hydrogen (secondary N) is 1. The molecule has 0 fully saturated rings. The summed E-state index contributed by atoms with van der Waals surface area (Å²) in [7, 11) is -7.24. The molecule has 0 heterocycles. The van der Waals surface area contributed by atoms with E-state index in [1.807, 2.05) is 4.72 Å². The van der Waals surface area contributed by atoms with Gasteiger partial charge in [-0.2, -0.15) is 8.42 Å². The largest absolute Gasteiger partial charge is 0.274 e. The highest BCUT2D eigenvalue weighted by molar-refractivity contribution is 7.89. The quantitative estimate of drug-likeness (QED) is 0.437. The van der Waals surface area contributed by atoms with Crippen LogP contribution in [0, 0.1) is 0 Å². The number of sulfonamides is 1. The van der Waals surface area contributed by atoms with Crippen molar-refractivity contribution in [2.45, 2.75) is 6.42 Å². The Bertz CT molecular complexity index is 283. The Hall–Kier alpha value is -0.220. The molecule has 74 valence electrons. The molecule has 0 aliphatic heterocycles. The van der Waals surface area contributed by atoms with Crippen LogP contribution in [0.4, 0.5) is 0 Å². The van der Waals surface area contributed by atoms with Crippen LogP contribution in [0.15, 0.2) is 0 Å². The maximum Gasteiger partial charge on any atom is 0.274 e. The Kier molecular flexibility index (Phi) is 4.06.